The quantitative estimate of drug-likeness (QED) is 0.804. The highest BCUT2D eigenvalue weighted by molar-refractivity contribution is 5.74. The molecule has 0 radical (unpaired) electrons. The van der Waals surface area contributed by atoms with Crippen LogP contribution in [-0.4, -0.2) is 46.7 Å². The van der Waals surface area contributed by atoms with E-state index in [2.05, 4.69) is 26.6 Å². The van der Waals surface area contributed by atoms with E-state index in [-0.39, 0.29) is 17.7 Å². The number of hydrogen-bond acceptors (Lipinski definition) is 4. The fourth-order valence-corrected chi connectivity index (χ4v) is 4.04. The molecule has 1 aromatic heterocycles. The molecule has 1 saturated heterocycles. The maximum Gasteiger partial charge on any atom is 0.315 e. The molecule has 0 unspecified atom stereocenters. The molecule has 0 atom stereocenters. The largest absolute Gasteiger partial charge is 0.472 e. The second-order valence-electron chi connectivity index (χ2n) is 9.18. The maximum atomic E-state index is 12.2. The minimum Gasteiger partial charge on any atom is -0.472 e. The number of nitrogens with one attached hydrogen (secondary N) is 2. The van der Waals surface area contributed by atoms with Crippen LogP contribution in [0.3, 0.4) is 0 Å². The highest BCUT2D eigenvalue weighted by Gasteiger charge is 2.23. The van der Waals surface area contributed by atoms with E-state index < -0.39 is 0 Å². The van der Waals surface area contributed by atoms with Gasteiger partial charge >= 0.3 is 6.03 Å². The first-order valence-electron chi connectivity index (χ1n) is 10.8. The summed E-state index contributed by atoms with van der Waals surface area (Å²) in [6.07, 6.45) is 7.98. The summed E-state index contributed by atoms with van der Waals surface area (Å²) >= 11 is 0. The first-order chi connectivity index (χ1) is 13.4. The van der Waals surface area contributed by atoms with Gasteiger partial charge < -0.3 is 15.4 Å². The Balaban J connectivity index is 1.40. The van der Waals surface area contributed by atoms with Gasteiger partial charge in [0.25, 0.3) is 0 Å². The summed E-state index contributed by atoms with van der Waals surface area (Å²) in [5, 5.41) is 6.33. The molecule has 2 aliphatic rings. The van der Waals surface area contributed by atoms with Crippen molar-refractivity contribution in [3.8, 4) is 5.88 Å². The zero-order valence-electron chi connectivity index (χ0n) is 17.7. The molecule has 1 aliphatic carbocycles. The average Bonchev–Trinajstić information content (AvgIpc) is 2.63. The highest BCUT2D eigenvalue weighted by Crippen LogP contribution is 2.19. The van der Waals surface area contributed by atoms with Gasteiger partial charge in [-0.25, -0.2) is 9.78 Å². The van der Waals surface area contributed by atoms with E-state index >= 15 is 0 Å². The lowest BCUT2D eigenvalue weighted by Gasteiger charge is -2.33. The van der Waals surface area contributed by atoms with Crippen molar-refractivity contribution >= 4 is 6.03 Å². The number of nitrogens with zero attached hydrogens (tertiary/aromatic N) is 2. The van der Waals surface area contributed by atoms with Gasteiger partial charge in [0, 0.05) is 37.8 Å². The van der Waals surface area contributed by atoms with Crippen LogP contribution in [0.5, 0.6) is 5.88 Å². The summed E-state index contributed by atoms with van der Waals surface area (Å²) in [4.78, 5) is 19.3. The van der Waals surface area contributed by atoms with Crippen LogP contribution >= 0.6 is 0 Å². The summed E-state index contributed by atoms with van der Waals surface area (Å²) in [6.45, 7) is 8.86. The SMILES string of the molecule is CC(C)(C)Oc1cccc(CN2CCC(NC(=O)NC3CCCCC3)CC2)n1. The molecule has 1 aromatic rings. The molecule has 2 amide bonds. The molecule has 6 nitrogen and oxygen atoms in total. The van der Waals surface area contributed by atoms with E-state index in [1.807, 2.05) is 32.9 Å². The first kappa shape index (κ1) is 20.9. The van der Waals surface area contributed by atoms with Crippen molar-refractivity contribution in [2.75, 3.05) is 13.1 Å². The molecule has 0 bridgehead atoms. The number of likely N-dealkylation sites (tertiary alicyclic amines) is 1. The molecule has 28 heavy (non-hydrogen) atoms. The van der Waals surface area contributed by atoms with Gasteiger partial charge in [-0.3, -0.25) is 4.90 Å². The van der Waals surface area contributed by atoms with Gasteiger partial charge in [0.1, 0.15) is 5.60 Å². The number of carbonyl (C=O) groups excluding carboxylic acids is 1. The predicted molar refractivity (Wildman–Crippen MR) is 111 cm³/mol. The number of urea groups is 1. The molecule has 0 aromatic carbocycles. The number of ether oxygens (including phenoxy) is 1. The molecular weight excluding hydrogens is 352 g/mol. The number of hydrogen-bond donors (Lipinski definition) is 2. The monoisotopic (exact) mass is 388 g/mol. The number of amides is 2. The van der Waals surface area contributed by atoms with Crippen LogP contribution in [0.25, 0.3) is 0 Å². The summed E-state index contributed by atoms with van der Waals surface area (Å²) in [6, 6.07) is 6.62. The third kappa shape index (κ3) is 6.97. The second-order valence-corrected chi connectivity index (χ2v) is 9.18. The minimum absolute atomic E-state index is 0.0130. The zero-order chi connectivity index (χ0) is 20.0. The third-order valence-electron chi connectivity index (χ3n) is 5.44. The molecule has 0 spiro atoms. The number of carbonyl (C=O) groups is 1. The van der Waals surface area contributed by atoms with Crippen molar-refractivity contribution in [1.82, 2.24) is 20.5 Å². The van der Waals surface area contributed by atoms with Crippen LogP contribution in [0.2, 0.25) is 0 Å². The van der Waals surface area contributed by atoms with E-state index in [4.69, 9.17) is 4.74 Å². The molecule has 2 fully saturated rings. The van der Waals surface area contributed by atoms with Crippen LogP contribution in [-0.2, 0) is 6.54 Å². The molecule has 3 rings (SSSR count). The summed E-state index contributed by atoms with van der Waals surface area (Å²) in [5.41, 5.74) is 0.789. The highest BCUT2D eigenvalue weighted by atomic mass is 16.5. The standard InChI is InChI=1S/C22H36N4O2/c1-22(2,3)28-20-11-7-10-19(23-20)16-26-14-12-18(13-15-26)25-21(27)24-17-8-5-4-6-9-17/h7,10-11,17-18H,4-6,8-9,12-16H2,1-3H3,(H2,24,25,27). The molecule has 2 N–H and O–H groups in total. The Morgan fingerprint density at radius 2 is 1.71 bits per heavy atom. The van der Waals surface area contributed by atoms with Gasteiger partial charge in [0.05, 0.1) is 5.69 Å². The normalized spacial score (nSPS) is 20.0. The van der Waals surface area contributed by atoms with Crippen LogP contribution in [0, 0.1) is 0 Å². The smallest absolute Gasteiger partial charge is 0.315 e. The van der Waals surface area contributed by atoms with Crippen LogP contribution < -0.4 is 15.4 Å². The molecule has 156 valence electrons. The van der Waals surface area contributed by atoms with Gasteiger partial charge in [-0.05, 0) is 52.5 Å². The average molecular weight is 389 g/mol. The van der Waals surface area contributed by atoms with Gasteiger partial charge in [0.15, 0.2) is 0 Å². The lowest BCUT2D eigenvalue weighted by Crippen LogP contribution is -2.50. The zero-order valence-corrected chi connectivity index (χ0v) is 17.7. The van der Waals surface area contributed by atoms with Crippen LogP contribution in [0.1, 0.15) is 71.4 Å². The number of piperidine rings is 1. The topological polar surface area (TPSA) is 66.5 Å². The van der Waals surface area contributed by atoms with E-state index in [0.29, 0.717) is 11.9 Å². The molecule has 1 aliphatic heterocycles. The summed E-state index contributed by atoms with van der Waals surface area (Å²) in [5.74, 6) is 0.681. The fraction of sp³-hybridized carbons (Fsp3) is 0.727. The van der Waals surface area contributed by atoms with Crippen molar-refractivity contribution in [3.05, 3.63) is 23.9 Å². The second kappa shape index (κ2) is 9.59. The van der Waals surface area contributed by atoms with Gasteiger partial charge in [-0.15, -0.1) is 0 Å². The minimum atomic E-state index is -0.242. The first-order valence-corrected chi connectivity index (χ1v) is 10.8. The predicted octanol–water partition coefficient (Wildman–Crippen LogP) is 3.86. The number of pyridine rings is 1. The number of rotatable bonds is 5. The van der Waals surface area contributed by atoms with Crippen molar-refractivity contribution in [3.63, 3.8) is 0 Å². The van der Waals surface area contributed by atoms with Crippen molar-refractivity contribution in [1.29, 1.82) is 0 Å². The van der Waals surface area contributed by atoms with Crippen LogP contribution in [0.15, 0.2) is 18.2 Å². The van der Waals surface area contributed by atoms with Crippen LogP contribution in [0.4, 0.5) is 4.79 Å². The Bertz CT molecular complexity index is 630. The Labute approximate surface area is 169 Å². The molecule has 1 saturated carbocycles. The van der Waals surface area contributed by atoms with Crippen molar-refractivity contribution in [2.24, 2.45) is 0 Å². The van der Waals surface area contributed by atoms with Gasteiger partial charge in [-0.1, -0.05) is 25.3 Å². The van der Waals surface area contributed by atoms with E-state index in [0.717, 1.165) is 51.0 Å². The van der Waals surface area contributed by atoms with Crippen molar-refractivity contribution in [2.45, 2.75) is 89.9 Å². The lowest BCUT2D eigenvalue weighted by atomic mass is 9.96. The number of aromatic nitrogens is 1. The summed E-state index contributed by atoms with van der Waals surface area (Å²) in [7, 11) is 0. The third-order valence-corrected chi connectivity index (χ3v) is 5.44. The van der Waals surface area contributed by atoms with E-state index in [1.165, 1.54) is 19.3 Å². The Morgan fingerprint density at radius 3 is 2.36 bits per heavy atom. The summed E-state index contributed by atoms with van der Waals surface area (Å²) < 4.78 is 5.87. The molecule has 6 heteroatoms. The van der Waals surface area contributed by atoms with Gasteiger partial charge in [0.2, 0.25) is 5.88 Å². The van der Waals surface area contributed by atoms with Crippen molar-refractivity contribution < 1.29 is 9.53 Å². The Hall–Kier alpha value is -1.82. The van der Waals surface area contributed by atoms with E-state index in [9.17, 15) is 4.79 Å². The van der Waals surface area contributed by atoms with Gasteiger partial charge in [-0.2, -0.15) is 0 Å². The Kier molecular flexibility index (Phi) is 7.16. The van der Waals surface area contributed by atoms with E-state index in [1.54, 1.807) is 0 Å². The maximum absolute atomic E-state index is 12.2. The Morgan fingerprint density at radius 1 is 1.07 bits per heavy atom. The molecule has 2 heterocycles. The molecular formula is C22H36N4O2. The fourth-order valence-electron chi connectivity index (χ4n) is 4.04. The lowest BCUT2D eigenvalue weighted by molar-refractivity contribution is 0.123.